The highest BCUT2D eigenvalue weighted by molar-refractivity contribution is 5.89. The highest BCUT2D eigenvalue weighted by atomic mass is 16.2. The summed E-state index contributed by atoms with van der Waals surface area (Å²) in [5, 5.41) is 3.03. The van der Waals surface area contributed by atoms with Gasteiger partial charge >= 0.3 is 0 Å². The molecule has 1 atom stereocenters. The summed E-state index contributed by atoms with van der Waals surface area (Å²) in [6, 6.07) is 27.1. The van der Waals surface area contributed by atoms with Gasteiger partial charge in [0.2, 0.25) is 11.8 Å². The predicted molar refractivity (Wildman–Crippen MR) is 129 cm³/mol. The summed E-state index contributed by atoms with van der Waals surface area (Å²) in [6.07, 6.45) is 0.721. The van der Waals surface area contributed by atoms with Crippen LogP contribution in [0.1, 0.15) is 36.1 Å². The second-order valence-corrected chi connectivity index (χ2v) is 8.54. The molecule has 0 bridgehead atoms. The topological polar surface area (TPSA) is 49.4 Å². The van der Waals surface area contributed by atoms with Crippen LogP contribution in [0.3, 0.4) is 0 Å². The van der Waals surface area contributed by atoms with E-state index >= 15 is 0 Å². The molecule has 0 spiro atoms. The third-order valence-corrected chi connectivity index (χ3v) is 5.34. The summed E-state index contributed by atoms with van der Waals surface area (Å²) >= 11 is 0. The number of hydrogen-bond acceptors (Lipinski definition) is 2. The van der Waals surface area contributed by atoms with E-state index in [0.717, 1.165) is 22.3 Å². The predicted octanol–water partition coefficient (Wildman–Crippen LogP) is 4.70. The van der Waals surface area contributed by atoms with E-state index in [4.69, 9.17) is 0 Å². The van der Waals surface area contributed by atoms with E-state index in [9.17, 15) is 9.59 Å². The Bertz CT molecular complexity index is 1020. The molecule has 0 fully saturated rings. The molecule has 2 amide bonds. The fourth-order valence-electron chi connectivity index (χ4n) is 3.81. The quantitative estimate of drug-likeness (QED) is 0.537. The number of hydrogen-bond donors (Lipinski definition) is 1. The smallest absolute Gasteiger partial charge is 0.243 e. The zero-order valence-corrected chi connectivity index (χ0v) is 19.1. The molecular weight excluding hydrogens is 396 g/mol. The standard InChI is InChI=1S/C28H32N2O2/c1-21(2)29-28(32)26(18-23-12-6-4-7-13-23)30(20-25-16-10-11-22(3)17-25)27(31)19-24-14-8-5-9-15-24/h4-17,21,26H,18-20H2,1-3H3,(H,29,32)/t26-/m0/s1. The molecule has 0 aliphatic heterocycles. The van der Waals surface area contributed by atoms with E-state index in [1.165, 1.54) is 0 Å². The van der Waals surface area contributed by atoms with Crippen molar-refractivity contribution in [2.45, 2.75) is 52.2 Å². The van der Waals surface area contributed by atoms with Gasteiger partial charge in [0.1, 0.15) is 6.04 Å². The Balaban J connectivity index is 1.96. The zero-order chi connectivity index (χ0) is 22.9. The lowest BCUT2D eigenvalue weighted by Crippen LogP contribution is -2.52. The van der Waals surface area contributed by atoms with Crippen LogP contribution in [0, 0.1) is 6.92 Å². The number of rotatable bonds is 9. The molecule has 0 unspecified atom stereocenters. The molecule has 0 radical (unpaired) electrons. The summed E-state index contributed by atoms with van der Waals surface area (Å²) < 4.78 is 0. The molecule has 4 heteroatoms. The summed E-state index contributed by atoms with van der Waals surface area (Å²) in [7, 11) is 0. The fourth-order valence-corrected chi connectivity index (χ4v) is 3.81. The number of amides is 2. The van der Waals surface area contributed by atoms with Crippen molar-refractivity contribution in [3.8, 4) is 0 Å². The molecule has 4 nitrogen and oxygen atoms in total. The summed E-state index contributed by atoms with van der Waals surface area (Å²) in [5.41, 5.74) is 4.11. The monoisotopic (exact) mass is 428 g/mol. The Morgan fingerprint density at radius 3 is 2.00 bits per heavy atom. The van der Waals surface area contributed by atoms with Crippen molar-refractivity contribution >= 4 is 11.8 Å². The van der Waals surface area contributed by atoms with Gasteiger partial charge in [-0.25, -0.2) is 0 Å². The first-order valence-electron chi connectivity index (χ1n) is 11.2. The van der Waals surface area contributed by atoms with Crippen molar-refractivity contribution in [3.63, 3.8) is 0 Å². The molecule has 32 heavy (non-hydrogen) atoms. The minimum atomic E-state index is -0.600. The average molecular weight is 429 g/mol. The summed E-state index contributed by atoms with van der Waals surface area (Å²) in [4.78, 5) is 28.6. The zero-order valence-electron chi connectivity index (χ0n) is 19.1. The lowest BCUT2D eigenvalue weighted by atomic mass is 10.0. The van der Waals surface area contributed by atoms with Gasteiger partial charge in [-0.1, -0.05) is 90.5 Å². The molecule has 3 aromatic carbocycles. The van der Waals surface area contributed by atoms with E-state index in [1.807, 2.05) is 99.6 Å². The lowest BCUT2D eigenvalue weighted by molar-refractivity contribution is -0.141. The van der Waals surface area contributed by atoms with Gasteiger partial charge < -0.3 is 10.2 Å². The van der Waals surface area contributed by atoms with Crippen molar-refractivity contribution in [2.75, 3.05) is 0 Å². The van der Waals surface area contributed by atoms with Gasteiger partial charge in [-0.15, -0.1) is 0 Å². The van der Waals surface area contributed by atoms with Crippen LogP contribution in [0.25, 0.3) is 0 Å². The van der Waals surface area contributed by atoms with Gasteiger partial charge in [-0.05, 0) is 37.5 Å². The summed E-state index contributed by atoms with van der Waals surface area (Å²) in [6.45, 7) is 6.30. The molecule has 3 rings (SSSR count). The van der Waals surface area contributed by atoms with Crippen LogP contribution in [-0.2, 0) is 29.0 Å². The van der Waals surface area contributed by atoms with Gasteiger partial charge in [0.15, 0.2) is 0 Å². The van der Waals surface area contributed by atoms with Crippen LogP contribution in [0.2, 0.25) is 0 Å². The minimum absolute atomic E-state index is 0.00850. The molecule has 0 aromatic heterocycles. The van der Waals surface area contributed by atoms with Crippen molar-refractivity contribution in [2.24, 2.45) is 0 Å². The molecule has 1 N–H and O–H groups in total. The first-order chi connectivity index (χ1) is 15.4. The number of nitrogens with one attached hydrogen (secondary N) is 1. The SMILES string of the molecule is Cc1cccc(CN(C(=O)Cc2ccccc2)[C@@H](Cc2ccccc2)C(=O)NC(C)C)c1. The lowest BCUT2D eigenvalue weighted by Gasteiger charge is -2.32. The van der Waals surface area contributed by atoms with Gasteiger partial charge in [0, 0.05) is 19.0 Å². The number of nitrogens with zero attached hydrogens (tertiary/aromatic N) is 1. The highest BCUT2D eigenvalue weighted by Gasteiger charge is 2.30. The number of carbonyl (C=O) groups excluding carboxylic acids is 2. The van der Waals surface area contributed by atoms with Gasteiger partial charge in [0.25, 0.3) is 0 Å². The Morgan fingerprint density at radius 2 is 1.41 bits per heavy atom. The Hall–Kier alpha value is -3.40. The maximum atomic E-state index is 13.6. The van der Waals surface area contributed by atoms with Crippen molar-refractivity contribution in [3.05, 3.63) is 107 Å². The van der Waals surface area contributed by atoms with Gasteiger partial charge in [-0.3, -0.25) is 9.59 Å². The number of benzene rings is 3. The molecule has 3 aromatic rings. The molecular formula is C28H32N2O2. The van der Waals surface area contributed by atoms with Gasteiger partial charge in [0.05, 0.1) is 6.42 Å². The second kappa shape index (κ2) is 11.3. The number of aryl methyl sites for hydroxylation is 1. The van der Waals surface area contributed by atoms with E-state index in [2.05, 4.69) is 11.4 Å². The maximum absolute atomic E-state index is 13.6. The van der Waals surface area contributed by atoms with Crippen LogP contribution in [0.15, 0.2) is 84.9 Å². The number of carbonyl (C=O) groups is 2. The third kappa shape index (κ3) is 6.81. The largest absolute Gasteiger partial charge is 0.352 e. The molecule has 0 saturated heterocycles. The van der Waals surface area contributed by atoms with Gasteiger partial charge in [-0.2, -0.15) is 0 Å². The van der Waals surface area contributed by atoms with Crippen LogP contribution >= 0.6 is 0 Å². The fraction of sp³-hybridized carbons (Fsp3) is 0.286. The van der Waals surface area contributed by atoms with Crippen molar-refractivity contribution < 1.29 is 9.59 Å². The van der Waals surface area contributed by atoms with Crippen LogP contribution in [0.5, 0.6) is 0 Å². The third-order valence-electron chi connectivity index (χ3n) is 5.34. The average Bonchev–Trinajstić information content (AvgIpc) is 2.77. The first kappa shape index (κ1) is 23.3. The highest BCUT2D eigenvalue weighted by Crippen LogP contribution is 2.17. The second-order valence-electron chi connectivity index (χ2n) is 8.54. The Morgan fingerprint density at radius 1 is 0.812 bits per heavy atom. The van der Waals surface area contributed by atoms with E-state index in [1.54, 1.807) is 4.90 Å². The first-order valence-corrected chi connectivity index (χ1v) is 11.2. The summed E-state index contributed by atoms with van der Waals surface area (Å²) in [5.74, 6) is -0.185. The molecule has 0 aliphatic carbocycles. The maximum Gasteiger partial charge on any atom is 0.243 e. The Labute approximate surface area is 191 Å². The minimum Gasteiger partial charge on any atom is -0.352 e. The molecule has 0 aliphatic rings. The van der Waals surface area contributed by atoms with Crippen molar-refractivity contribution in [1.29, 1.82) is 0 Å². The van der Waals surface area contributed by atoms with E-state index in [-0.39, 0.29) is 24.3 Å². The van der Waals surface area contributed by atoms with Crippen molar-refractivity contribution in [1.82, 2.24) is 10.2 Å². The van der Waals surface area contributed by atoms with E-state index in [0.29, 0.717) is 13.0 Å². The Kier molecular flexibility index (Phi) is 8.20. The molecule has 0 heterocycles. The van der Waals surface area contributed by atoms with E-state index < -0.39 is 6.04 Å². The molecule has 166 valence electrons. The molecule has 0 saturated carbocycles. The van der Waals surface area contributed by atoms with Crippen LogP contribution in [0.4, 0.5) is 0 Å². The van der Waals surface area contributed by atoms with Crippen LogP contribution in [-0.4, -0.2) is 28.8 Å². The normalized spacial score (nSPS) is 11.8. The van der Waals surface area contributed by atoms with Crippen LogP contribution < -0.4 is 5.32 Å².